The maximum absolute atomic E-state index is 14.0. The summed E-state index contributed by atoms with van der Waals surface area (Å²) in [6.45, 7) is 4.11. The van der Waals surface area contributed by atoms with Crippen molar-refractivity contribution in [2.75, 3.05) is 19.7 Å². The van der Waals surface area contributed by atoms with Crippen molar-refractivity contribution in [3.8, 4) is 0 Å². The molecule has 1 aromatic carbocycles. The van der Waals surface area contributed by atoms with Crippen LogP contribution in [-0.4, -0.2) is 46.2 Å². The van der Waals surface area contributed by atoms with Gasteiger partial charge in [-0.25, -0.2) is 9.18 Å². The molecule has 2 fully saturated rings. The predicted molar refractivity (Wildman–Crippen MR) is 95.7 cm³/mol. The maximum atomic E-state index is 14.0. The van der Waals surface area contributed by atoms with E-state index >= 15 is 0 Å². The Morgan fingerprint density at radius 1 is 1.19 bits per heavy atom. The van der Waals surface area contributed by atoms with Crippen LogP contribution in [0.5, 0.6) is 0 Å². The molecule has 7 heteroatoms. The zero-order valence-corrected chi connectivity index (χ0v) is 15.0. The zero-order chi connectivity index (χ0) is 18.3. The number of aryl methyl sites for hydroxylation is 1. The number of piperidine rings is 1. The summed E-state index contributed by atoms with van der Waals surface area (Å²) in [6, 6.07) is 3.57. The first-order valence-electron chi connectivity index (χ1n) is 9.39. The van der Waals surface area contributed by atoms with Crippen LogP contribution in [0.15, 0.2) is 16.9 Å². The van der Waals surface area contributed by atoms with Gasteiger partial charge in [-0.1, -0.05) is 6.92 Å². The number of H-pyrrole nitrogens is 1. The molecule has 2 aliphatic rings. The molecule has 140 valence electrons. The van der Waals surface area contributed by atoms with Gasteiger partial charge in [-0.2, -0.15) is 0 Å². The maximum Gasteiger partial charge on any atom is 0.326 e. The molecule has 0 bridgehead atoms. The number of cyclic esters (lactones) is 1. The van der Waals surface area contributed by atoms with E-state index < -0.39 is 0 Å². The first kappa shape index (κ1) is 17.3. The molecule has 1 N–H and O–H groups in total. The number of aromatic nitrogens is 2. The summed E-state index contributed by atoms with van der Waals surface area (Å²) in [4.78, 5) is 29.1. The van der Waals surface area contributed by atoms with Crippen molar-refractivity contribution < 1.29 is 13.9 Å². The molecule has 1 aromatic heterocycles. The first-order valence-corrected chi connectivity index (χ1v) is 9.39. The first-order chi connectivity index (χ1) is 12.6. The van der Waals surface area contributed by atoms with Gasteiger partial charge in [-0.15, -0.1) is 0 Å². The molecule has 3 heterocycles. The summed E-state index contributed by atoms with van der Waals surface area (Å²) >= 11 is 0. The van der Waals surface area contributed by atoms with Crippen molar-refractivity contribution >= 4 is 17.0 Å². The van der Waals surface area contributed by atoms with E-state index in [1.165, 1.54) is 6.07 Å². The lowest BCUT2D eigenvalue weighted by Crippen LogP contribution is -2.46. The van der Waals surface area contributed by atoms with Gasteiger partial charge in [0.2, 0.25) is 0 Å². The van der Waals surface area contributed by atoms with Crippen molar-refractivity contribution in [2.45, 2.75) is 51.1 Å². The van der Waals surface area contributed by atoms with Gasteiger partial charge in [0.1, 0.15) is 5.82 Å². The second-order valence-corrected chi connectivity index (χ2v) is 7.25. The van der Waals surface area contributed by atoms with Crippen LogP contribution in [0.1, 0.15) is 44.2 Å². The van der Waals surface area contributed by atoms with Gasteiger partial charge in [0, 0.05) is 25.2 Å². The van der Waals surface area contributed by atoms with Gasteiger partial charge in [0.25, 0.3) is 0 Å². The Kier molecular flexibility index (Phi) is 4.56. The van der Waals surface area contributed by atoms with Crippen LogP contribution < -0.4 is 5.69 Å². The monoisotopic (exact) mass is 361 g/mol. The highest BCUT2D eigenvalue weighted by atomic mass is 19.1. The number of hydrogen-bond acceptors (Lipinski definition) is 4. The second kappa shape index (κ2) is 6.87. The van der Waals surface area contributed by atoms with Crippen LogP contribution in [0, 0.1) is 5.82 Å². The Morgan fingerprint density at radius 2 is 1.96 bits per heavy atom. The quantitative estimate of drug-likeness (QED) is 0.853. The van der Waals surface area contributed by atoms with E-state index in [-0.39, 0.29) is 29.6 Å². The second-order valence-electron chi connectivity index (χ2n) is 7.25. The van der Waals surface area contributed by atoms with Crippen molar-refractivity contribution in [1.82, 2.24) is 14.5 Å². The molecule has 26 heavy (non-hydrogen) atoms. The average molecular weight is 361 g/mol. The van der Waals surface area contributed by atoms with Crippen molar-refractivity contribution in [3.05, 3.63) is 34.0 Å². The number of halogens is 1. The standard InChI is InChI=1S/C19H24FN3O3/c1-2-12-9-17-16(11-15(12)20)21-19(25)23(17)13-3-6-22(7-4-13)14-5-8-26-18(24)10-14/h9,11,13-14H,2-8,10H2,1H3,(H,21,25). The Labute approximate surface area is 150 Å². The number of carbonyl (C=O) groups is 1. The molecule has 0 amide bonds. The third-order valence-electron chi connectivity index (χ3n) is 5.76. The number of aromatic amines is 1. The minimum Gasteiger partial charge on any atom is -0.466 e. The summed E-state index contributed by atoms with van der Waals surface area (Å²) in [6.07, 6.45) is 3.62. The smallest absolute Gasteiger partial charge is 0.326 e. The van der Waals surface area contributed by atoms with Crippen molar-refractivity contribution in [3.63, 3.8) is 0 Å². The van der Waals surface area contributed by atoms with E-state index in [0.29, 0.717) is 30.5 Å². The molecule has 4 rings (SSSR count). The fraction of sp³-hybridized carbons (Fsp3) is 0.579. The number of hydrogen-bond donors (Lipinski definition) is 1. The largest absolute Gasteiger partial charge is 0.466 e. The van der Waals surface area contributed by atoms with Crippen LogP contribution >= 0.6 is 0 Å². The lowest BCUT2D eigenvalue weighted by atomic mass is 9.99. The van der Waals surface area contributed by atoms with E-state index in [4.69, 9.17) is 4.74 Å². The highest BCUT2D eigenvalue weighted by molar-refractivity contribution is 5.76. The number of esters is 1. The number of imidazole rings is 1. The van der Waals surface area contributed by atoms with E-state index in [9.17, 15) is 14.0 Å². The topological polar surface area (TPSA) is 67.3 Å². The van der Waals surface area contributed by atoms with Crippen LogP contribution in [0.2, 0.25) is 0 Å². The molecule has 0 radical (unpaired) electrons. The Morgan fingerprint density at radius 3 is 2.65 bits per heavy atom. The molecule has 0 aliphatic carbocycles. The minimum absolute atomic E-state index is 0.0956. The molecule has 2 saturated heterocycles. The lowest BCUT2D eigenvalue weighted by molar-refractivity contribution is -0.150. The van der Waals surface area contributed by atoms with Crippen molar-refractivity contribution in [1.29, 1.82) is 0 Å². The lowest BCUT2D eigenvalue weighted by Gasteiger charge is -2.38. The van der Waals surface area contributed by atoms with Gasteiger partial charge in [0.15, 0.2) is 0 Å². The molecule has 1 unspecified atom stereocenters. The zero-order valence-electron chi connectivity index (χ0n) is 15.0. The minimum atomic E-state index is -0.271. The van der Waals surface area contributed by atoms with Gasteiger partial charge in [-0.05, 0) is 43.4 Å². The van der Waals surface area contributed by atoms with E-state index in [0.717, 1.165) is 37.9 Å². The summed E-state index contributed by atoms with van der Waals surface area (Å²) in [5.41, 5.74) is 1.80. The van der Waals surface area contributed by atoms with E-state index in [2.05, 4.69) is 9.88 Å². The Bertz CT molecular complexity index is 880. The van der Waals surface area contributed by atoms with Gasteiger partial charge in [0.05, 0.1) is 24.1 Å². The predicted octanol–water partition coefficient (Wildman–Crippen LogP) is 2.37. The molecular weight excluding hydrogens is 337 g/mol. The summed E-state index contributed by atoms with van der Waals surface area (Å²) in [7, 11) is 0. The summed E-state index contributed by atoms with van der Waals surface area (Å²) in [5.74, 6) is -0.391. The number of ether oxygens (including phenoxy) is 1. The molecule has 0 saturated carbocycles. The fourth-order valence-corrected chi connectivity index (χ4v) is 4.31. The molecule has 0 spiro atoms. The highest BCUT2D eigenvalue weighted by Crippen LogP contribution is 2.29. The van der Waals surface area contributed by atoms with E-state index in [1.54, 1.807) is 10.6 Å². The van der Waals surface area contributed by atoms with Crippen LogP contribution in [0.4, 0.5) is 4.39 Å². The number of rotatable bonds is 3. The molecular formula is C19H24FN3O3. The SMILES string of the molecule is CCc1cc2c(cc1F)[nH]c(=O)n2C1CCN(C2CCOC(=O)C2)CC1. The van der Waals surface area contributed by atoms with Crippen LogP contribution in [0.25, 0.3) is 11.0 Å². The molecule has 1 atom stereocenters. The molecule has 2 aromatic rings. The van der Waals surface area contributed by atoms with Gasteiger partial charge < -0.3 is 9.72 Å². The fourth-order valence-electron chi connectivity index (χ4n) is 4.31. The van der Waals surface area contributed by atoms with Crippen LogP contribution in [-0.2, 0) is 16.0 Å². The number of fused-ring (bicyclic) bond motifs is 1. The summed E-state index contributed by atoms with van der Waals surface area (Å²) < 4.78 is 20.8. The normalized spacial score (nSPS) is 22.7. The highest BCUT2D eigenvalue weighted by Gasteiger charge is 2.31. The Balaban J connectivity index is 1.55. The molecule has 2 aliphatic heterocycles. The average Bonchev–Trinajstić information content (AvgIpc) is 2.95. The number of nitrogens with zero attached hydrogens (tertiary/aromatic N) is 2. The number of carbonyl (C=O) groups excluding carboxylic acids is 1. The van der Waals surface area contributed by atoms with Crippen LogP contribution in [0.3, 0.4) is 0 Å². The molecule has 6 nitrogen and oxygen atoms in total. The van der Waals surface area contributed by atoms with E-state index in [1.807, 2.05) is 6.92 Å². The Hall–Kier alpha value is -2.15. The van der Waals surface area contributed by atoms with Gasteiger partial charge in [-0.3, -0.25) is 14.3 Å². The number of nitrogens with one attached hydrogen (secondary N) is 1. The third kappa shape index (κ3) is 3.05. The van der Waals surface area contributed by atoms with Crippen molar-refractivity contribution in [2.24, 2.45) is 0 Å². The van der Waals surface area contributed by atoms with Gasteiger partial charge >= 0.3 is 11.7 Å². The third-order valence-corrected chi connectivity index (χ3v) is 5.76. The number of likely N-dealkylation sites (tertiary alicyclic amines) is 1. The summed E-state index contributed by atoms with van der Waals surface area (Å²) in [5, 5.41) is 0. The number of benzene rings is 1.